The first-order valence-corrected chi connectivity index (χ1v) is 7.84. The molecule has 1 rings (SSSR count). The van der Waals surface area contributed by atoms with Crippen molar-refractivity contribution in [2.24, 2.45) is 0 Å². The largest absolute Gasteiger partial charge is 0.377 e. The Labute approximate surface area is 125 Å². The number of ether oxygens (including phenoxy) is 1. The predicted molar refractivity (Wildman–Crippen MR) is 86.0 cm³/mol. The lowest BCUT2D eigenvalue weighted by atomic mass is 10.0. The molecular formula is C15H24INO. The molecule has 0 aliphatic rings. The lowest BCUT2D eigenvalue weighted by molar-refractivity contribution is 0.0476. The smallest absolute Gasteiger partial charge is 0.0703 e. The summed E-state index contributed by atoms with van der Waals surface area (Å²) < 4.78 is 7.02. The van der Waals surface area contributed by atoms with Crippen molar-refractivity contribution in [3.63, 3.8) is 0 Å². The summed E-state index contributed by atoms with van der Waals surface area (Å²) in [5, 5.41) is 3.59. The first kappa shape index (κ1) is 15.9. The predicted octanol–water partition coefficient (Wildman–Crippen LogP) is 3.63. The third kappa shape index (κ3) is 5.67. The molecule has 2 atom stereocenters. The molecule has 0 amide bonds. The first-order valence-electron chi connectivity index (χ1n) is 6.76. The molecule has 3 heteroatoms. The zero-order valence-electron chi connectivity index (χ0n) is 11.6. The molecule has 1 N–H and O–H groups in total. The summed E-state index contributed by atoms with van der Waals surface area (Å²) in [6.45, 7) is 8.23. The molecule has 1 aromatic rings. The Balaban J connectivity index is 2.61. The second kappa shape index (κ2) is 8.88. The Morgan fingerprint density at radius 2 is 1.89 bits per heavy atom. The van der Waals surface area contributed by atoms with Crippen molar-refractivity contribution in [3.05, 3.63) is 33.4 Å². The maximum atomic E-state index is 5.73. The standard InChI is InChI=1S/C15H24INO/c1-4-10-17-15(12(3)18-5-2)11-13-6-8-14(16)9-7-13/h6-9,12,15,17H,4-5,10-11H2,1-3H3. The Bertz CT molecular complexity index is 326. The van der Waals surface area contributed by atoms with Crippen LogP contribution >= 0.6 is 22.6 Å². The summed E-state index contributed by atoms with van der Waals surface area (Å²) in [6.07, 6.45) is 2.43. The van der Waals surface area contributed by atoms with Crippen molar-refractivity contribution < 1.29 is 4.74 Å². The molecule has 1 aromatic carbocycles. The summed E-state index contributed by atoms with van der Waals surface area (Å²) >= 11 is 2.34. The molecule has 2 nitrogen and oxygen atoms in total. The topological polar surface area (TPSA) is 21.3 Å². The molecule has 0 aromatic heterocycles. The van der Waals surface area contributed by atoms with Crippen LogP contribution < -0.4 is 5.32 Å². The minimum absolute atomic E-state index is 0.251. The van der Waals surface area contributed by atoms with Gasteiger partial charge < -0.3 is 10.1 Å². The van der Waals surface area contributed by atoms with Crippen LogP contribution in [0.4, 0.5) is 0 Å². The minimum Gasteiger partial charge on any atom is -0.377 e. The minimum atomic E-state index is 0.251. The van der Waals surface area contributed by atoms with Gasteiger partial charge in [-0.2, -0.15) is 0 Å². The molecular weight excluding hydrogens is 337 g/mol. The van der Waals surface area contributed by atoms with Gasteiger partial charge in [-0.3, -0.25) is 0 Å². The van der Waals surface area contributed by atoms with E-state index in [1.807, 2.05) is 0 Å². The molecule has 0 bridgehead atoms. The molecule has 0 fully saturated rings. The Morgan fingerprint density at radius 1 is 1.22 bits per heavy atom. The van der Waals surface area contributed by atoms with Gasteiger partial charge in [-0.15, -0.1) is 0 Å². The fraction of sp³-hybridized carbons (Fsp3) is 0.600. The van der Waals surface area contributed by atoms with Crippen LogP contribution in [0.1, 0.15) is 32.8 Å². The van der Waals surface area contributed by atoms with E-state index in [1.54, 1.807) is 0 Å². The summed E-state index contributed by atoms with van der Waals surface area (Å²) in [5.74, 6) is 0. The van der Waals surface area contributed by atoms with E-state index in [2.05, 4.69) is 72.9 Å². The first-order chi connectivity index (χ1) is 8.67. The molecule has 0 aliphatic heterocycles. The third-order valence-electron chi connectivity index (χ3n) is 3.02. The average Bonchev–Trinajstić information content (AvgIpc) is 2.37. The van der Waals surface area contributed by atoms with E-state index in [1.165, 1.54) is 9.13 Å². The highest BCUT2D eigenvalue weighted by Gasteiger charge is 2.17. The highest BCUT2D eigenvalue weighted by molar-refractivity contribution is 14.1. The van der Waals surface area contributed by atoms with E-state index < -0.39 is 0 Å². The number of rotatable bonds is 8. The zero-order chi connectivity index (χ0) is 13.4. The third-order valence-corrected chi connectivity index (χ3v) is 3.74. The van der Waals surface area contributed by atoms with Gasteiger partial charge in [0.1, 0.15) is 0 Å². The van der Waals surface area contributed by atoms with Crippen molar-refractivity contribution in [2.45, 2.75) is 45.8 Å². The number of halogens is 1. The molecule has 0 aliphatic carbocycles. The van der Waals surface area contributed by atoms with Crippen molar-refractivity contribution in [2.75, 3.05) is 13.2 Å². The van der Waals surface area contributed by atoms with Crippen LogP contribution in [0.25, 0.3) is 0 Å². The molecule has 102 valence electrons. The number of hydrogen-bond acceptors (Lipinski definition) is 2. The molecule has 0 heterocycles. The van der Waals surface area contributed by atoms with Crippen molar-refractivity contribution in [3.8, 4) is 0 Å². The van der Waals surface area contributed by atoms with Crippen LogP contribution in [0.5, 0.6) is 0 Å². The van der Waals surface area contributed by atoms with Gasteiger partial charge in [0.05, 0.1) is 6.10 Å². The van der Waals surface area contributed by atoms with Crippen molar-refractivity contribution in [1.82, 2.24) is 5.32 Å². The van der Waals surface area contributed by atoms with Gasteiger partial charge in [0.25, 0.3) is 0 Å². The van der Waals surface area contributed by atoms with Crippen LogP contribution in [0.2, 0.25) is 0 Å². The van der Waals surface area contributed by atoms with Gasteiger partial charge in [0.15, 0.2) is 0 Å². The van der Waals surface area contributed by atoms with Crippen LogP contribution in [0.3, 0.4) is 0 Å². The van der Waals surface area contributed by atoms with E-state index in [-0.39, 0.29) is 6.10 Å². The quantitative estimate of drug-likeness (QED) is 0.714. The lowest BCUT2D eigenvalue weighted by Gasteiger charge is -2.25. The summed E-state index contributed by atoms with van der Waals surface area (Å²) in [6, 6.07) is 9.14. The number of nitrogens with one attached hydrogen (secondary N) is 1. The fourth-order valence-electron chi connectivity index (χ4n) is 1.99. The van der Waals surface area contributed by atoms with E-state index in [0.717, 1.165) is 26.0 Å². The molecule has 18 heavy (non-hydrogen) atoms. The van der Waals surface area contributed by atoms with Crippen LogP contribution in [-0.2, 0) is 11.2 Å². The maximum absolute atomic E-state index is 5.73. The summed E-state index contributed by atoms with van der Waals surface area (Å²) in [4.78, 5) is 0. The Hall–Kier alpha value is -0.130. The molecule has 0 radical (unpaired) electrons. The molecule has 0 saturated carbocycles. The average molecular weight is 361 g/mol. The SMILES string of the molecule is CCCNC(Cc1ccc(I)cc1)C(C)OCC. The van der Waals surface area contributed by atoms with Gasteiger partial charge in [-0.05, 0) is 73.5 Å². The fourth-order valence-corrected chi connectivity index (χ4v) is 2.35. The second-order valence-corrected chi connectivity index (χ2v) is 5.80. The van der Waals surface area contributed by atoms with Crippen LogP contribution in [-0.4, -0.2) is 25.3 Å². The Morgan fingerprint density at radius 3 is 2.44 bits per heavy atom. The molecule has 2 unspecified atom stereocenters. The van der Waals surface area contributed by atoms with E-state index >= 15 is 0 Å². The van der Waals surface area contributed by atoms with Gasteiger partial charge in [-0.1, -0.05) is 19.1 Å². The molecule has 0 saturated heterocycles. The van der Waals surface area contributed by atoms with Crippen LogP contribution in [0, 0.1) is 3.57 Å². The van der Waals surface area contributed by atoms with Crippen molar-refractivity contribution in [1.29, 1.82) is 0 Å². The molecule has 0 spiro atoms. The lowest BCUT2D eigenvalue weighted by Crippen LogP contribution is -2.41. The summed E-state index contributed by atoms with van der Waals surface area (Å²) in [5.41, 5.74) is 1.37. The van der Waals surface area contributed by atoms with Crippen molar-refractivity contribution >= 4 is 22.6 Å². The van der Waals surface area contributed by atoms with Gasteiger partial charge >= 0.3 is 0 Å². The second-order valence-electron chi connectivity index (χ2n) is 4.55. The van der Waals surface area contributed by atoms with Gasteiger partial charge in [0, 0.05) is 16.2 Å². The van der Waals surface area contributed by atoms with Crippen LogP contribution in [0.15, 0.2) is 24.3 Å². The highest BCUT2D eigenvalue weighted by Crippen LogP contribution is 2.11. The number of hydrogen-bond donors (Lipinski definition) is 1. The normalized spacial score (nSPS) is 14.4. The van der Waals surface area contributed by atoms with E-state index in [0.29, 0.717) is 6.04 Å². The Kier molecular flexibility index (Phi) is 7.86. The maximum Gasteiger partial charge on any atom is 0.0703 e. The zero-order valence-corrected chi connectivity index (χ0v) is 13.7. The summed E-state index contributed by atoms with van der Waals surface area (Å²) in [7, 11) is 0. The van der Waals surface area contributed by atoms with Gasteiger partial charge in [-0.25, -0.2) is 0 Å². The highest BCUT2D eigenvalue weighted by atomic mass is 127. The van der Waals surface area contributed by atoms with E-state index in [4.69, 9.17) is 4.74 Å². The van der Waals surface area contributed by atoms with E-state index in [9.17, 15) is 0 Å². The van der Waals surface area contributed by atoms with Gasteiger partial charge in [0.2, 0.25) is 0 Å². The number of benzene rings is 1. The monoisotopic (exact) mass is 361 g/mol.